The Kier molecular flexibility index (Phi) is 9.16. The van der Waals surface area contributed by atoms with E-state index in [9.17, 15) is 19.2 Å². The second-order valence-electron chi connectivity index (χ2n) is 7.65. The second-order valence-corrected chi connectivity index (χ2v) is 7.65. The molecule has 1 saturated heterocycles. The first-order chi connectivity index (χ1) is 16.0. The minimum Gasteiger partial charge on any atom is -0.382 e. The van der Waals surface area contributed by atoms with E-state index in [1.165, 1.54) is 4.90 Å². The summed E-state index contributed by atoms with van der Waals surface area (Å²) in [5.74, 6) is -1.24. The van der Waals surface area contributed by atoms with E-state index < -0.39 is 11.9 Å². The van der Waals surface area contributed by atoms with E-state index in [4.69, 9.17) is 14.2 Å². The van der Waals surface area contributed by atoms with Crippen molar-refractivity contribution in [3.8, 4) is 0 Å². The Bertz CT molecular complexity index is 876. The van der Waals surface area contributed by atoms with Crippen LogP contribution in [-0.4, -0.2) is 87.8 Å². The van der Waals surface area contributed by atoms with E-state index in [-0.39, 0.29) is 37.2 Å². The number of ether oxygens (including phenoxy) is 3. The number of fused-ring (bicyclic) bond motifs is 1. The van der Waals surface area contributed by atoms with Crippen molar-refractivity contribution in [1.82, 2.24) is 15.5 Å². The number of imide groups is 1. The third-order valence-electron chi connectivity index (χ3n) is 5.39. The van der Waals surface area contributed by atoms with Gasteiger partial charge in [0.25, 0.3) is 5.91 Å². The summed E-state index contributed by atoms with van der Waals surface area (Å²) in [5, 5.41) is 8.12. The van der Waals surface area contributed by atoms with E-state index in [0.717, 1.165) is 5.56 Å². The van der Waals surface area contributed by atoms with Crippen LogP contribution >= 0.6 is 0 Å². The topological polar surface area (TPSA) is 135 Å². The summed E-state index contributed by atoms with van der Waals surface area (Å²) in [5.41, 5.74) is 1.89. The van der Waals surface area contributed by atoms with Gasteiger partial charge in [0.05, 0.1) is 39.6 Å². The van der Waals surface area contributed by atoms with Crippen LogP contribution in [0, 0.1) is 0 Å². The molecule has 0 spiro atoms. The molecule has 0 aromatic heterocycles. The lowest BCUT2D eigenvalue weighted by molar-refractivity contribution is -0.137. The lowest BCUT2D eigenvalue weighted by atomic mass is 10.0. The highest BCUT2D eigenvalue weighted by molar-refractivity contribution is 6.06. The quantitative estimate of drug-likeness (QED) is 0.268. The fourth-order valence-electron chi connectivity index (χ4n) is 3.72. The number of carbonyl (C=O) groups is 4. The van der Waals surface area contributed by atoms with E-state index >= 15 is 0 Å². The predicted molar refractivity (Wildman–Crippen MR) is 118 cm³/mol. The van der Waals surface area contributed by atoms with Gasteiger partial charge < -0.3 is 29.7 Å². The maximum Gasteiger partial charge on any atom is 0.255 e. The maximum absolute atomic E-state index is 12.8. The molecule has 3 rings (SSSR count). The third kappa shape index (κ3) is 6.73. The minimum atomic E-state index is -0.677. The summed E-state index contributed by atoms with van der Waals surface area (Å²) in [4.78, 5) is 50.1. The maximum atomic E-state index is 12.8. The van der Waals surface area contributed by atoms with Crippen LogP contribution in [0.5, 0.6) is 0 Å². The monoisotopic (exact) mass is 462 g/mol. The molecular formula is C22H30N4O7. The van der Waals surface area contributed by atoms with Crippen molar-refractivity contribution in [2.45, 2.75) is 25.4 Å². The van der Waals surface area contributed by atoms with Gasteiger partial charge in [-0.3, -0.25) is 24.5 Å². The molecule has 1 aromatic rings. The van der Waals surface area contributed by atoms with Crippen LogP contribution in [0.3, 0.4) is 0 Å². The number of nitrogens with one attached hydrogen (secondary N) is 3. The normalized spacial score (nSPS) is 17.7. The van der Waals surface area contributed by atoms with Crippen LogP contribution in [0.2, 0.25) is 0 Å². The molecular weight excluding hydrogens is 432 g/mol. The molecule has 0 aliphatic carbocycles. The Morgan fingerprint density at radius 3 is 2.64 bits per heavy atom. The summed E-state index contributed by atoms with van der Waals surface area (Å²) in [6, 6.07) is 4.54. The van der Waals surface area contributed by atoms with E-state index in [2.05, 4.69) is 16.0 Å². The number of rotatable bonds is 13. The van der Waals surface area contributed by atoms with Crippen molar-refractivity contribution in [3.63, 3.8) is 0 Å². The average Bonchev–Trinajstić information content (AvgIpc) is 3.13. The highest BCUT2D eigenvalue weighted by Crippen LogP contribution is 2.32. The number of anilines is 1. The van der Waals surface area contributed by atoms with E-state index in [1.54, 1.807) is 25.3 Å². The van der Waals surface area contributed by atoms with Crippen LogP contribution in [-0.2, 0) is 35.1 Å². The van der Waals surface area contributed by atoms with Gasteiger partial charge in [0.2, 0.25) is 17.7 Å². The molecule has 2 heterocycles. The summed E-state index contributed by atoms with van der Waals surface area (Å²) in [6.07, 6.45) is 0.503. The number of methoxy groups -OCH3 is 1. The van der Waals surface area contributed by atoms with Crippen molar-refractivity contribution in [3.05, 3.63) is 29.3 Å². The Morgan fingerprint density at radius 1 is 1.12 bits per heavy atom. The number of amides is 4. The zero-order valence-electron chi connectivity index (χ0n) is 18.7. The number of nitrogens with zero attached hydrogens (tertiary/aromatic N) is 1. The van der Waals surface area contributed by atoms with Gasteiger partial charge in [0.1, 0.15) is 6.04 Å². The Morgan fingerprint density at radius 2 is 1.88 bits per heavy atom. The molecule has 0 bridgehead atoms. The first-order valence-electron chi connectivity index (χ1n) is 10.9. The summed E-state index contributed by atoms with van der Waals surface area (Å²) < 4.78 is 15.5. The van der Waals surface area contributed by atoms with Crippen LogP contribution in [0.4, 0.5) is 5.69 Å². The highest BCUT2D eigenvalue weighted by Gasteiger charge is 2.39. The van der Waals surface area contributed by atoms with Gasteiger partial charge in [-0.1, -0.05) is 6.07 Å². The number of hydrogen-bond donors (Lipinski definition) is 3. The Labute approximate surface area is 192 Å². The lowest BCUT2D eigenvalue weighted by Gasteiger charge is -2.29. The van der Waals surface area contributed by atoms with Crippen LogP contribution < -0.4 is 16.0 Å². The van der Waals surface area contributed by atoms with Gasteiger partial charge in [-0.15, -0.1) is 0 Å². The third-order valence-corrected chi connectivity index (χ3v) is 5.39. The molecule has 0 saturated carbocycles. The van der Waals surface area contributed by atoms with Gasteiger partial charge in [-0.05, 0) is 18.6 Å². The minimum absolute atomic E-state index is 0.0309. The smallest absolute Gasteiger partial charge is 0.255 e. The fourth-order valence-corrected chi connectivity index (χ4v) is 3.72. The molecule has 4 amide bonds. The average molecular weight is 463 g/mol. The van der Waals surface area contributed by atoms with Gasteiger partial charge in [0.15, 0.2) is 0 Å². The molecule has 2 aliphatic heterocycles. The number of piperidine rings is 1. The van der Waals surface area contributed by atoms with Crippen molar-refractivity contribution < 1.29 is 33.4 Å². The van der Waals surface area contributed by atoms with Crippen LogP contribution in [0.1, 0.15) is 28.8 Å². The number of carbonyl (C=O) groups excluding carboxylic acids is 4. The SMILES string of the molecule is COCCOCCOCCNC(=O)CNc1cccc2c1CN([C@H]1CCC(=O)NC1=O)C2=O. The van der Waals surface area contributed by atoms with E-state index in [0.29, 0.717) is 57.3 Å². The van der Waals surface area contributed by atoms with Crippen molar-refractivity contribution in [2.24, 2.45) is 0 Å². The molecule has 2 aliphatic rings. The largest absolute Gasteiger partial charge is 0.382 e. The van der Waals surface area contributed by atoms with Gasteiger partial charge in [-0.2, -0.15) is 0 Å². The molecule has 33 heavy (non-hydrogen) atoms. The Hall–Kier alpha value is -3.02. The summed E-state index contributed by atoms with van der Waals surface area (Å²) in [7, 11) is 1.61. The fraction of sp³-hybridized carbons (Fsp3) is 0.545. The molecule has 1 fully saturated rings. The number of hydrogen-bond acceptors (Lipinski definition) is 8. The predicted octanol–water partition coefficient (Wildman–Crippen LogP) is -0.345. The van der Waals surface area contributed by atoms with E-state index in [1.807, 2.05) is 0 Å². The van der Waals surface area contributed by atoms with Crippen molar-refractivity contribution in [1.29, 1.82) is 0 Å². The molecule has 0 unspecified atom stereocenters. The second kappa shape index (κ2) is 12.3. The van der Waals surface area contributed by atoms with Gasteiger partial charge >= 0.3 is 0 Å². The summed E-state index contributed by atoms with van der Waals surface area (Å²) >= 11 is 0. The Balaban J connectivity index is 1.42. The molecule has 0 radical (unpaired) electrons. The van der Waals surface area contributed by atoms with Gasteiger partial charge in [-0.25, -0.2) is 0 Å². The molecule has 11 heteroatoms. The van der Waals surface area contributed by atoms with Gasteiger partial charge in [0, 0.05) is 43.4 Å². The summed E-state index contributed by atoms with van der Waals surface area (Å²) in [6.45, 7) is 2.97. The molecule has 180 valence electrons. The molecule has 11 nitrogen and oxygen atoms in total. The molecule has 1 atom stereocenters. The lowest BCUT2D eigenvalue weighted by Crippen LogP contribution is -2.52. The van der Waals surface area contributed by atoms with Crippen LogP contribution in [0.15, 0.2) is 18.2 Å². The first-order valence-corrected chi connectivity index (χ1v) is 10.9. The molecule has 3 N–H and O–H groups in total. The first kappa shape index (κ1) is 24.6. The van der Waals surface area contributed by atoms with Crippen molar-refractivity contribution >= 4 is 29.3 Å². The highest BCUT2D eigenvalue weighted by atomic mass is 16.5. The molecule has 1 aromatic carbocycles. The standard InChI is InChI=1S/C22H30N4O7/c1-31-9-10-33-12-11-32-8-7-23-20(28)13-24-17-4-2-3-15-16(17)14-26(22(15)30)18-5-6-19(27)25-21(18)29/h2-4,18,24H,5-14H2,1H3,(H,23,28)(H,25,27,29)/t18-/m0/s1. The van der Waals surface area contributed by atoms with Crippen molar-refractivity contribution in [2.75, 3.05) is 58.6 Å². The zero-order chi connectivity index (χ0) is 23.6. The zero-order valence-corrected chi connectivity index (χ0v) is 18.7. The number of benzene rings is 1. The van der Waals surface area contributed by atoms with Crippen LogP contribution in [0.25, 0.3) is 0 Å².